The van der Waals surface area contributed by atoms with Crippen LogP contribution in [0.25, 0.3) is 11.0 Å². The van der Waals surface area contributed by atoms with Crippen molar-refractivity contribution in [3.8, 4) is 0 Å². The summed E-state index contributed by atoms with van der Waals surface area (Å²) in [4.78, 5) is 17.9. The number of imidazole rings is 1. The van der Waals surface area contributed by atoms with Crippen molar-refractivity contribution in [3.05, 3.63) is 70.4 Å². The van der Waals surface area contributed by atoms with Crippen LogP contribution in [0.4, 0.5) is 4.39 Å². The third kappa shape index (κ3) is 3.74. The molecule has 0 bridgehead atoms. The van der Waals surface area contributed by atoms with Crippen LogP contribution < -0.4 is 5.69 Å². The SMILES string of the molecule is O=c1[nH]c2ccccc2n1C1CCN(CC2CC(c3ccc(F)cc3)CO2)CC1. The van der Waals surface area contributed by atoms with Gasteiger partial charge in [0.15, 0.2) is 0 Å². The molecule has 2 saturated heterocycles. The Kier molecular flexibility index (Phi) is 4.97. The van der Waals surface area contributed by atoms with Crippen molar-refractivity contribution >= 4 is 11.0 Å². The van der Waals surface area contributed by atoms with E-state index in [1.807, 2.05) is 41.0 Å². The summed E-state index contributed by atoms with van der Waals surface area (Å²) in [5.74, 6) is 0.157. The molecule has 2 aromatic carbocycles. The molecule has 0 radical (unpaired) electrons. The lowest BCUT2D eigenvalue weighted by Gasteiger charge is -2.33. The zero-order valence-electron chi connectivity index (χ0n) is 16.4. The van der Waals surface area contributed by atoms with Gasteiger partial charge in [0.2, 0.25) is 0 Å². The average molecular weight is 395 g/mol. The predicted molar refractivity (Wildman–Crippen MR) is 111 cm³/mol. The van der Waals surface area contributed by atoms with Gasteiger partial charge < -0.3 is 14.6 Å². The van der Waals surface area contributed by atoms with Gasteiger partial charge in [-0.2, -0.15) is 0 Å². The molecule has 5 nitrogen and oxygen atoms in total. The van der Waals surface area contributed by atoms with Crippen LogP contribution in [-0.4, -0.2) is 46.8 Å². The Bertz CT molecular complexity index is 1030. The van der Waals surface area contributed by atoms with Crippen LogP contribution in [-0.2, 0) is 4.74 Å². The number of rotatable bonds is 4. The summed E-state index contributed by atoms with van der Waals surface area (Å²) in [5.41, 5.74) is 3.06. The number of fused-ring (bicyclic) bond motifs is 1. The zero-order chi connectivity index (χ0) is 19.8. The fourth-order valence-corrected chi connectivity index (χ4v) is 4.89. The van der Waals surface area contributed by atoms with Gasteiger partial charge in [0.1, 0.15) is 5.82 Å². The topological polar surface area (TPSA) is 50.3 Å². The molecule has 2 fully saturated rings. The van der Waals surface area contributed by atoms with E-state index < -0.39 is 0 Å². The second kappa shape index (κ2) is 7.76. The van der Waals surface area contributed by atoms with Gasteiger partial charge >= 0.3 is 5.69 Å². The van der Waals surface area contributed by atoms with Crippen LogP contribution >= 0.6 is 0 Å². The van der Waals surface area contributed by atoms with E-state index in [0.717, 1.165) is 55.5 Å². The fourth-order valence-electron chi connectivity index (χ4n) is 4.89. The number of aromatic amines is 1. The molecule has 2 atom stereocenters. The summed E-state index contributed by atoms with van der Waals surface area (Å²) in [7, 11) is 0. The molecule has 0 saturated carbocycles. The summed E-state index contributed by atoms with van der Waals surface area (Å²) in [6, 6.07) is 14.9. The van der Waals surface area contributed by atoms with E-state index in [9.17, 15) is 9.18 Å². The first kappa shape index (κ1) is 18.6. The second-order valence-corrected chi connectivity index (χ2v) is 8.29. The Hall–Kier alpha value is -2.44. The number of aromatic nitrogens is 2. The highest BCUT2D eigenvalue weighted by molar-refractivity contribution is 5.75. The number of ether oxygens (including phenoxy) is 1. The standard InChI is InChI=1S/C23H26FN3O2/c24-18-7-5-16(6-8-18)17-13-20(29-15-17)14-26-11-9-19(10-12-26)27-22-4-2-1-3-21(22)25-23(27)28/h1-8,17,19-20H,9-15H2,(H,25,28). The average Bonchev–Trinajstić information content (AvgIpc) is 3.33. The molecule has 152 valence electrons. The maximum absolute atomic E-state index is 13.1. The Labute approximate surface area is 169 Å². The zero-order valence-corrected chi connectivity index (χ0v) is 16.4. The molecule has 0 spiro atoms. The Morgan fingerprint density at radius 1 is 1.07 bits per heavy atom. The highest BCUT2D eigenvalue weighted by atomic mass is 19.1. The Morgan fingerprint density at radius 3 is 2.62 bits per heavy atom. The summed E-state index contributed by atoms with van der Waals surface area (Å²) >= 11 is 0. The lowest BCUT2D eigenvalue weighted by Crippen LogP contribution is -2.40. The number of benzene rings is 2. The predicted octanol–water partition coefficient (Wildman–Crippen LogP) is 3.68. The minimum Gasteiger partial charge on any atom is -0.376 e. The largest absolute Gasteiger partial charge is 0.376 e. The number of nitrogens with one attached hydrogen (secondary N) is 1. The molecule has 2 aliphatic heterocycles. The molecular formula is C23H26FN3O2. The van der Waals surface area contributed by atoms with Crippen LogP contribution in [0.3, 0.4) is 0 Å². The van der Waals surface area contributed by atoms with Crippen molar-refractivity contribution in [2.45, 2.75) is 37.3 Å². The molecule has 6 heteroatoms. The Morgan fingerprint density at radius 2 is 1.83 bits per heavy atom. The first-order valence-electron chi connectivity index (χ1n) is 10.5. The summed E-state index contributed by atoms with van der Waals surface area (Å²) in [5, 5.41) is 0. The van der Waals surface area contributed by atoms with Gasteiger partial charge in [-0.05, 0) is 49.1 Å². The van der Waals surface area contributed by atoms with Gasteiger partial charge in [-0.25, -0.2) is 9.18 Å². The molecule has 0 aliphatic carbocycles. The van der Waals surface area contributed by atoms with Crippen molar-refractivity contribution < 1.29 is 9.13 Å². The van der Waals surface area contributed by atoms with Crippen LogP contribution in [0, 0.1) is 5.82 Å². The number of nitrogens with zero attached hydrogens (tertiary/aromatic N) is 2. The third-order valence-corrected chi connectivity index (χ3v) is 6.43. The molecular weight excluding hydrogens is 369 g/mol. The number of H-pyrrole nitrogens is 1. The van der Waals surface area contributed by atoms with E-state index in [0.29, 0.717) is 12.5 Å². The van der Waals surface area contributed by atoms with Gasteiger partial charge in [0.05, 0.1) is 23.7 Å². The van der Waals surface area contributed by atoms with Crippen molar-refractivity contribution in [2.75, 3.05) is 26.2 Å². The van der Waals surface area contributed by atoms with Gasteiger partial charge in [-0.3, -0.25) is 4.57 Å². The number of likely N-dealkylation sites (tertiary alicyclic amines) is 1. The third-order valence-electron chi connectivity index (χ3n) is 6.43. The van der Waals surface area contributed by atoms with Crippen LogP contribution in [0.1, 0.15) is 36.8 Å². The summed E-state index contributed by atoms with van der Waals surface area (Å²) < 4.78 is 21.1. The molecule has 0 amide bonds. The fraction of sp³-hybridized carbons (Fsp3) is 0.435. The molecule has 3 heterocycles. The number of para-hydroxylation sites is 2. The van der Waals surface area contributed by atoms with Crippen molar-refractivity contribution in [1.29, 1.82) is 0 Å². The van der Waals surface area contributed by atoms with Crippen LogP contribution in [0.15, 0.2) is 53.3 Å². The maximum atomic E-state index is 13.1. The number of hydrogen-bond acceptors (Lipinski definition) is 3. The minimum absolute atomic E-state index is 0.00841. The first-order chi connectivity index (χ1) is 14.2. The molecule has 2 unspecified atom stereocenters. The normalized spacial score (nSPS) is 23.8. The van der Waals surface area contributed by atoms with Crippen molar-refractivity contribution in [2.24, 2.45) is 0 Å². The molecule has 2 aliphatic rings. The maximum Gasteiger partial charge on any atom is 0.326 e. The van der Waals surface area contributed by atoms with Gasteiger partial charge in [0, 0.05) is 31.6 Å². The lowest BCUT2D eigenvalue weighted by atomic mass is 9.96. The van der Waals surface area contributed by atoms with Crippen LogP contribution in [0.2, 0.25) is 0 Å². The van der Waals surface area contributed by atoms with Gasteiger partial charge in [-0.15, -0.1) is 0 Å². The van der Waals surface area contributed by atoms with E-state index in [4.69, 9.17) is 4.74 Å². The first-order valence-corrected chi connectivity index (χ1v) is 10.5. The van der Waals surface area contributed by atoms with Gasteiger partial charge in [-0.1, -0.05) is 24.3 Å². The van der Waals surface area contributed by atoms with Gasteiger partial charge in [0.25, 0.3) is 0 Å². The molecule has 5 rings (SSSR count). The number of hydrogen-bond donors (Lipinski definition) is 1. The smallest absolute Gasteiger partial charge is 0.326 e. The van der Waals surface area contributed by atoms with Crippen LogP contribution in [0.5, 0.6) is 0 Å². The van der Waals surface area contributed by atoms with Crippen molar-refractivity contribution in [3.63, 3.8) is 0 Å². The Balaban J connectivity index is 1.18. The van der Waals surface area contributed by atoms with E-state index in [2.05, 4.69) is 9.88 Å². The molecule has 1 N–H and O–H groups in total. The molecule has 29 heavy (non-hydrogen) atoms. The minimum atomic E-state index is -0.193. The van der Waals surface area contributed by atoms with E-state index in [1.165, 1.54) is 12.1 Å². The lowest BCUT2D eigenvalue weighted by molar-refractivity contribution is 0.0601. The number of piperidine rings is 1. The monoisotopic (exact) mass is 395 g/mol. The van der Waals surface area contributed by atoms with Crippen molar-refractivity contribution in [1.82, 2.24) is 14.5 Å². The summed E-state index contributed by atoms with van der Waals surface area (Å²) in [6.45, 7) is 3.57. The van der Waals surface area contributed by atoms with E-state index >= 15 is 0 Å². The summed E-state index contributed by atoms with van der Waals surface area (Å²) in [6.07, 6.45) is 3.14. The highest BCUT2D eigenvalue weighted by Gasteiger charge is 2.30. The quantitative estimate of drug-likeness (QED) is 0.733. The second-order valence-electron chi connectivity index (χ2n) is 8.29. The molecule has 1 aromatic heterocycles. The van der Waals surface area contributed by atoms with E-state index in [1.54, 1.807) is 0 Å². The number of halogens is 1. The molecule has 3 aromatic rings. The van der Waals surface area contributed by atoms with E-state index in [-0.39, 0.29) is 23.7 Å². The highest BCUT2D eigenvalue weighted by Crippen LogP contribution is 2.31.